The lowest BCUT2D eigenvalue weighted by atomic mass is 9.74. The van der Waals surface area contributed by atoms with E-state index in [1.54, 1.807) is 27.1 Å². The Balaban J connectivity index is 0.000000195. The Bertz CT molecular complexity index is 2850. The number of amides is 7. The first-order valence-electron chi connectivity index (χ1n) is 28.0. The third-order valence-electron chi connectivity index (χ3n) is 16.7. The van der Waals surface area contributed by atoms with Gasteiger partial charge in [-0.15, -0.1) is 0 Å². The van der Waals surface area contributed by atoms with Crippen LogP contribution in [0.4, 0.5) is 49.0 Å². The average molecular weight is 1090 g/mol. The van der Waals surface area contributed by atoms with Gasteiger partial charge in [0.1, 0.15) is 17.2 Å². The van der Waals surface area contributed by atoms with Gasteiger partial charge in [0.15, 0.2) is 23.0 Å². The number of primary amides is 2. The Kier molecular flexibility index (Phi) is 16.7. The predicted molar refractivity (Wildman–Crippen MR) is 304 cm³/mol. The van der Waals surface area contributed by atoms with Gasteiger partial charge < -0.3 is 66.5 Å². The summed E-state index contributed by atoms with van der Waals surface area (Å²) >= 11 is 0. The molecule has 2 atom stereocenters. The first-order chi connectivity index (χ1) is 37.7. The molecule has 0 radical (unpaired) electrons. The summed E-state index contributed by atoms with van der Waals surface area (Å²) in [6.07, 6.45) is 10.6. The monoisotopic (exact) mass is 1080 g/mol. The van der Waals surface area contributed by atoms with Crippen LogP contribution in [-0.2, 0) is 15.6 Å². The number of carbonyl (C=O) groups is 5. The number of anilines is 6. The average Bonchev–Trinajstić information content (AvgIpc) is 4.02. The summed E-state index contributed by atoms with van der Waals surface area (Å²) in [5.74, 6) is 0.667. The van der Waals surface area contributed by atoms with E-state index < -0.39 is 17.4 Å². The molecule has 424 valence electrons. The highest BCUT2D eigenvalue weighted by atomic mass is 16.6. The number of hydrogen-bond donors (Lipinski definition) is 5. The molecule has 8 heterocycles. The molecule has 6 fully saturated rings. The Labute approximate surface area is 464 Å². The van der Waals surface area contributed by atoms with Crippen LogP contribution in [0.1, 0.15) is 118 Å². The van der Waals surface area contributed by atoms with E-state index in [-0.39, 0.29) is 52.5 Å². The van der Waals surface area contributed by atoms with Crippen molar-refractivity contribution in [2.75, 3.05) is 113 Å². The lowest BCUT2D eigenvalue weighted by Crippen LogP contribution is -2.49. The second-order valence-electron chi connectivity index (χ2n) is 23.6. The van der Waals surface area contributed by atoms with E-state index in [4.69, 9.17) is 26.2 Å². The number of rotatable bonds is 12. The zero-order valence-corrected chi connectivity index (χ0v) is 47.1. The number of ether oxygens (including phenoxy) is 1. The number of carbonyl (C=O) groups excluding carboxylic acids is 5. The van der Waals surface area contributed by atoms with Gasteiger partial charge in [0, 0.05) is 90.9 Å². The number of piperidine rings is 4. The molecule has 22 nitrogen and oxygen atoms in total. The molecule has 0 bridgehead atoms. The molecule has 2 aromatic heterocycles. The molecule has 6 saturated heterocycles. The fourth-order valence-corrected chi connectivity index (χ4v) is 11.7. The molecule has 79 heavy (non-hydrogen) atoms. The zero-order valence-electron chi connectivity index (χ0n) is 47.1. The molecule has 6 aliphatic rings. The fourth-order valence-electron chi connectivity index (χ4n) is 11.7. The molecule has 6 aliphatic heterocycles. The Morgan fingerprint density at radius 3 is 1.42 bits per heavy atom. The first-order valence-corrected chi connectivity index (χ1v) is 28.0. The van der Waals surface area contributed by atoms with Gasteiger partial charge in [-0.3, -0.25) is 9.59 Å². The van der Waals surface area contributed by atoms with E-state index in [0.29, 0.717) is 49.5 Å². The lowest BCUT2D eigenvalue weighted by molar-refractivity contribution is 0.0171. The van der Waals surface area contributed by atoms with Crippen LogP contribution in [0.2, 0.25) is 0 Å². The minimum atomic E-state index is -0.662. The number of nitrogens with one attached hydrogen (secondary N) is 3. The van der Waals surface area contributed by atoms with Crippen molar-refractivity contribution >= 4 is 64.6 Å². The van der Waals surface area contributed by atoms with Crippen molar-refractivity contribution in [3.05, 3.63) is 83.4 Å². The van der Waals surface area contributed by atoms with Crippen molar-refractivity contribution in [1.29, 1.82) is 0 Å². The number of aromatic nitrogens is 4. The van der Waals surface area contributed by atoms with Crippen molar-refractivity contribution in [3.8, 4) is 0 Å². The maximum Gasteiger partial charge on any atom is 0.410 e. The summed E-state index contributed by atoms with van der Waals surface area (Å²) in [5.41, 5.74) is 15.1. The minimum Gasteiger partial charge on any atom is -0.444 e. The second-order valence-corrected chi connectivity index (χ2v) is 23.6. The molecular weight excluding hydrogens is 1000 g/mol. The Morgan fingerprint density at radius 1 is 0.620 bits per heavy atom. The van der Waals surface area contributed by atoms with Gasteiger partial charge in [0.25, 0.3) is 11.8 Å². The molecule has 0 unspecified atom stereocenters. The van der Waals surface area contributed by atoms with E-state index >= 15 is 0 Å². The molecule has 0 aliphatic carbocycles. The zero-order chi connectivity index (χ0) is 56.2. The fraction of sp³-hybridized carbons (Fsp3) is 0.561. The molecule has 0 spiro atoms. The van der Waals surface area contributed by atoms with Crippen LogP contribution in [0, 0.1) is 0 Å². The number of likely N-dealkylation sites (N-methyl/N-ethyl adjacent to an activating group) is 2. The summed E-state index contributed by atoms with van der Waals surface area (Å²) in [5, 5.41) is 9.96. The van der Waals surface area contributed by atoms with Crippen LogP contribution in [-0.4, -0.2) is 185 Å². The third-order valence-corrected chi connectivity index (χ3v) is 16.7. The van der Waals surface area contributed by atoms with Crippen LogP contribution >= 0.6 is 0 Å². The summed E-state index contributed by atoms with van der Waals surface area (Å²) in [4.78, 5) is 93.7. The van der Waals surface area contributed by atoms with Crippen LogP contribution in [0.15, 0.2) is 60.9 Å². The third kappa shape index (κ3) is 13.0. The van der Waals surface area contributed by atoms with Crippen LogP contribution < -0.4 is 37.2 Å². The summed E-state index contributed by atoms with van der Waals surface area (Å²) in [6, 6.07) is 16.8. The maximum atomic E-state index is 12.6. The van der Waals surface area contributed by atoms with Gasteiger partial charge in [0.2, 0.25) is 0 Å². The van der Waals surface area contributed by atoms with Crippen molar-refractivity contribution in [3.63, 3.8) is 0 Å². The van der Waals surface area contributed by atoms with Crippen LogP contribution in [0.5, 0.6) is 0 Å². The van der Waals surface area contributed by atoms with Gasteiger partial charge >= 0.3 is 18.2 Å². The van der Waals surface area contributed by atoms with Crippen LogP contribution in [0.25, 0.3) is 0 Å². The Morgan fingerprint density at radius 2 is 1.04 bits per heavy atom. The summed E-state index contributed by atoms with van der Waals surface area (Å²) < 4.78 is 5.55. The van der Waals surface area contributed by atoms with Crippen molar-refractivity contribution in [1.82, 2.24) is 49.8 Å². The minimum absolute atomic E-state index is 0.0651. The Hall–Kier alpha value is -7.49. The molecular formula is C57H80N16O6. The summed E-state index contributed by atoms with van der Waals surface area (Å²) in [7, 11) is 3.67. The normalized spacial score (nSPS) is 21.4. The number of urea groups is 2. The van der Waals surface area contributed by atoms with Crippen molar-refractivity contribution < 1.29 is 28.7 Å². The molecule has 0 saturated carbocycles. The second kappa shape index (κ2) is 23.5. The molecule has 10 rings (SSSR count). The van der Waals surface area contributed by atoms with E-state index in [2.05, 4.69) is 73.8 Å². The number of nitrogens with zero attached hydrogens (tertiary/aromatic N) is 11. The number of nitrogens with two attached hydrogens (primary N) is 2. The van der Waals surface area contributed by atoms with Gasteiger partial charge in [-0.05, 0) is 131 Å². The number of hydrogen-bond acceptors (Lipinski definition) is 15. The highest BCUT2D eigenvalue weighted by molar-refractivity contribution is 5.97. The van der Waals surface area contributed by atoms with E-state index in [1.165, 1.54) is 11.1 Å². The topological polar surface area (TPSA) is 257 Å². The van der Waals surface area contributed by atoms with E-state index in [1.807, 2.05) is 68.9 Å². The predicted octanol–water partition coefficient (Wildman–Crippen LogP) is 6.24. The molecule has 2 aromatic carbocycles. The largest absolute Gasteiger partial charge is 0.444 e. The SMILES string of the molecule is CN1CCN([C@@H]2CCCN(c3cnc(C(N)=O)c(Nc4ccc(C5(C)CCN(C(=O)OC(C)(C)C)CC5)cc4)n3)C2)C1=O.CN1CCN([C@@H]2CCCN(c3cnc(C(N)=O)c(Nc4ccc(C5(C)CCNCC5)cc4)n3)C2)C1=O. The van der Waals surface area contributed by atoms with Gasteiger partial charge in [-0.1, -0.05) is 38.1 Å². The van der Waals surface area contributed by atoms with Gasteiger partial charge in [0.05, 0.1) is 24.5 Å². The van der Waals surface area contributed by atoms with E-state index in [0.717, 1.165) is 115 Å². The molecule has 7 amide bonds. The molecule has 7 N–H and O–H groups in total. The van der Waals surface area contributed by atoms with E-state index in [9.17, 15) is 24.0 Å². The van der Waals surface area contributed by atoms with Crippen LogP contribution in [0.3, 0.4) is 0 Å². The maximum absolute atomic E-state index is 12.6. The van der Waals surface area contributed by atoms with Crippen molar-refractivity contribution in [2.24, 2.45) is 11.5 Å². The smallest absolute Gasteiger partial charge is 0.410 e. The standard InChI is InChI=1S/C31H44N8O4.C26H36N8O2/c1-30(2,3)43-29(42)37-15-12-31(4,13-16-37)21-8-10-22(11-9-21)34-27-25(26(32)40)33-19-24(35-27)38-14-6-7-23(20-38)39-18-17-36(5)28(39)41;1-26(9-11-28-12-10-26)18-5-7-19(8-6-18)30-24-22(23(27)35)29-16-21(31-24)33-13-3-4-20(17-33)34-15-14-32(2)25(34)36/h8-11,19,23H,6-7,12-18,20H2,1-5H3,(H2,32,40)(H,34,35);5-8,16,20,28H,3-4,9-15,17H2,1-2H3,(H2,27,35)(H,30,31)/t23-;20-/m11/s1. The number of likely N-dealkylation sites (tertiary alicyclic amines) is 1. The lowest BCUT2D eigenvalue weighted by Gasteiger charge is -2.40. The number of benzene rings is 2. The quantitative estimate of drug-likeness (QED) is 0.105. The van der Waals surface area contributed by atoms with Gasteiger partial charge in [-0.25, -0.2) is 34.3 Å². The molecule has 22 heteroatoms. The highest BCUT2D eigenvalue weighted by Crippen LogP contribution is 2.38. The molecule has 4 aromatic rings. The van der Waals surface area contributed by atoms with Crippen molar-refractivity contribution in [2.45, 2.75) is 114 Å². The van der Waals surface area contributed by atoms with Gasteiger partial charge in [-0.2, -0.15) is 0 Å². The highest BCUT2D eigenvalue weighted by Gasteiger charge is 2.38. The summed E-state index contributed by atoms with van der Waals surface area (Å²) in [6.45, 7) is 19.4. The first kappa shape index (κ1) is 56.2.